The van der Waals surface area contributed by atoms with E-state index in [2.05, 4.69) is 6.58 Å². The Morgan fingerprint density at radius 2 is 1.84 bits per heavy atom. The number of rotatable bonds is 11. The molecule has 0 saturated carbocycles. The fraction of sp³-hybridized carbons (Fsp3) is 0.643. The Labute approximate surface area is 161 Å². The van der Waals surface area contributed by atoms with Gasteiger partial charge in [-0.1, -0.05) is 0 Å². The minimum absolute atomic E-state index is 0.0195. The molecule has 0 aliphatic rings. The van der Waals surface area contributed by atoms with E-state index in [1.807, 2.05) is 22.0 Å². The summed E-state index contributed by atoms with van der Waals surface area (Å²) in [6.07, 6.45) is -1.13. The van der Waals surface area contributed by atoms with Gasteiger partial charge in [-0.3, -0.25) is 0 Å². The Morgan fingerprint density at radius 1 is 1.24 bits per heavy atom. The van der Waals surface area contributed by atoms with Gasteiger partial charge in [-0.15, -0.1) is 0 Å². The first-order chi connectivity index (χ1) is 11.7. The summed E-state index contributed by atoms with van der Waals surface area (Å²) in [7, 11) is 5.77. The van der Waals surface area contributed by atoms with E-state index in [9.17, 15) is 14.4 Å². The van der Waals surface area contributed by atoms with Crippen LogP contribution in [-0.4, -0.2) is 68.4 Å². The topological polar surface area (TPSA) is 108 Å². The molecule has 0 heterocycles. The zero-order valence-corrected chi connectivity index (χ0v) is 17.2. The van der Waals surface area contributed by atoms with Crippen LogP contribution in [0.2, 0.25) is 0 Å². The summed E-state index contributed by atoms with van der Waals surface area (Å²) in [5.41, 5.74) is -0.619. The Hall–Kier alpha value is -0.835. The number of aliphatic hydroxyl groups excluding tert-OH is 1. The third-order valence-corrected chi connectivity index (χ3v) is 5.59. The first-order valence-corrected chi connectivity index (χ1v) is 11.6. The SMILES string of the molecule is B#P(I)C(CC(=O)OCCOC(=O)C(=C)C)C(=O)OC(C)OCCO. The second kappa shape index (κ2) is 13.4. The van der Waals surface area contributed by atoms with Crippen LogP contribution in [-0.2, 0) is 33.3 Å². The van der Waals surface area contributed by atoms with Crippen molar-refractivity contribution in [3.8, 4) is 0 Å². The van der Waals surface area contributed by atoms with Crippen molar-refractivity contribution < 1.29 is 38.4 Å². The van der Waals surface area contributed by atoms with Crippen molar-refractivity contribution in [1.82, 2.24) is 0 Å². The Kier molecular flexibility index (Phi) is 12.9. The van der Waals surface area contributed by atoms with Crippen LogP contribution in [0.4, 0.5) is 0 Å². The van der Waals surface area contributed by atoms with Crippen molar-refractivity contribution in [2.75, 3.05) is 26.4 Å². The first-order valence-electron chi connectivity index (χ1n) is 7.30. The van der Waals surface area contributed by atoms with Crippen molar-refractivity contribution in [1.29, 1.82) is 0 Å². The van der Waals surface area contributed by atoms with Crippen molar-refractivity contribution in [2.45, 2.75) is 32.2 Å². The van der Waals surface area contributed by atoms with Gasteiger partial charge in [-0.25, -0.2) is 0 Å². The van der Waals surface area contributed by atoms with Crippen LogP contribution in [0.15, 0.2) is 12.2 Å². The van der Waals surface area contributed by atoms with Crippen LogP contribution in [0.25, 0.3) is 0 Å². The number of hydrogen-bond acceptors (Lipinski definition) is 8. The van der Waals surface area contributed by atoms with Crippen molar-refractivity contribution >= 4 is 51.8 Å². The predicted molar refractivity (Wildman–Crippen MR) is 100 cm³/mol. The van der Waals surface area contributed by atoms with Crippen LogP contribution in [0, 0.1) is 0 Å². The molecule has 0 aromatic rings. The Bertz CT molecular complexity index is 559. The fourth-order valence-corrected chi connectivity index (χ4v) is 3.25. The van der Waals surface area contributed by atoms with Crippen LogP contribution < -0.4 is 0 Å². The molecule has 0 radical (unpaired) electrons. The molecule has 0 aliphatic carbocycles. The van der Waals surface area contributed by atoms with Crippen molar-refractivity contribution in [2.24, 2.45) is 0 Å². The number of hydrogen-bond donors (Lipinski definition) is 1. The Balaban J connectivity index is 4.35. The standard InChI is InChI=1S/C14H21BIO8P/c1-9(2)13(19)23-7-6-22-12(18)8-11(25(15)16)14(20)24-10(3)21-5-4-17/h10-11,17H,1,4-8H2,2-3H3. The van der Waals surface area contributed by atoms with E-state index < -0.39 is 34.7 Å². The third-order valence-electron chi connectivity index (χ3n) is 2.58. The van der Waals surface area contributed by atoms with E-state index in [0.29, 0.717) is 0 Å². The molecule has 0 saturated heterocycles. The molecular weight excluding hydrogens is 465 g/mol. The molecule has 11 heteroatoms. The molecule has 25 heavy (non-hydrogen) atoms. The van der Waals surface area contributed by atoms with E-state index in [1.165, 1.54) is 13.8 Å². The molecule has 0 amide bonds. The molecule has 0 aromatic heterocycles. The minimum atomic E-state index is -1.32. The maximum atomic E-state index is 12.1. The fourth-order valence-electron chi connectivity index (χ4n) is 1.40. The van der Waals surface area contributed by atoms with Gasteiger partial charge in [0.05, 0.1) is 0 Å². The molecule has 0 aliphatic heterocycles. The number of halogens is 1. The number of ether oxygens (including phenoxy) is 4. The van der Waals surface area contributed by atoms with Gasteiger partial charge >= 0.3 is 161 Å². The molecule has 0 rings (SSSR count). The van der Waals surface area contributed by atoms with Gasteiger partial charge < -0.3 is 0 Å². The maximum absolute atomic E-state index is 12.1. The molecule has 3 atom stereocenters. The van der Waals surface area contributed by atoms with Gasteiger partial charge in [0.1, 0.15) is 0 Å². The summed E-state index contributed by atoms with van der Waals surface area (Å²) < 4.78 is 19.7. The number of esters is 3. The van der Waals surface area contributed by atoms with E-state index in [4.69, 9.17) is 31.1 Å². The van der Waals surface area contributed by atoms with Crippen molar-refractivity contribution in [3.05, 3.63) is 12.2 Å². The van der Waals surface area contributed by atoms with Gasteiger partial charge in [0.2, 0.25) is 0 Å². The monoisotopic (exact) mass is 486 g/mol. The van der Waals surface area contributed by atoms with Crippen LogP contribution in [0.3, 0.4) is 0 Å². The first kappa shape index (κ1) is 24.2. The van der Waals surface area contributed by atoms with E-state index in [0.717, 1.165) is 0 Å². The zero-order chi connectivity index (χ0) is 19.4. The second-order valence-electron chi connectivity index (χ2n) is 4.80. The molecule has 1 N–H and O–H groups in total. The molecule has 0 spiro atoms. The van der Waals surface area contributed by atoms with Gasteiger partial charge in [-0.2, -0.15) is 0 Å². The second-order valence-corrected chi connectivity index (χ2v) is 9.45. The summed E-state index contributed by atoms with van der Waals surface area (Å²) in [6.45, 7) is 5.97. The summed E-state index contributed by atoms with van der Waals surface area (Å²) >= 11 is 1.86. The number of carbonyl (C=O) groups is 3. The third kappa shape index (κ3) is 11.4. The molecule has 0 fully saturated rings. The quantitative estimate of drug-likeness (QED) is 0.0680. The average Bonchev–Trinajstić information content (AvgIpc) is 2.53. The van der Waals surface area contributed by atoms with Crippen LogP contribution >= 0.6 is 26.9 Å². The van der Waals surface area contributed by atoms with Gasteiger partial charge in [-0.05, 0) is 0 Å². The van der Waals surface area contributed by atoms with Crippen LogP contribution in [0.5, 0.6) is 0 Å². The predicted octanol–water partition coefficient (Wildman–Crippen LogP) is 1.22. The summed E-state index contributed by atoms with van der Waals surface area (Å²) in [5, 5.41) is 8.65. The van der Waals surface area contributed by atoms with Crippen LogP contribution in [0.1, 0.15) is 20.3 Å². The molecule has 0 bridgehead atoms. The van der Waals surface area contributed by atoms with Crippen molar-refractivity contribution in [3.63, 3.8) is 0 Å². The zero-order valence-electron chi connectivity index (χ0n) is 14.1. The molecular formula is C14H21BIO8P. The van der Waals surface area contributed by atoms with E-state index >= 15 is 0 Å². The average molecular weight is 486 g/mol. The molecule has 140 valence electrons. The normalized spacial score (nSPS) is 13.4. The van der Waals surface area contributed by atoms with E-state index in [-0.39, 0.29) is 38.4 Å². The number of carbonyl (C=O) groups excluding carboxylic acids is 3. The molecule has 8 nitrogen and oxygen atoms in total. The Morgan fingerprint density at radius 3 is 2.36 bits per heavy atom. The molecule has 3 unspecified atom stereocenters. The van der Waals surface area contributed by atoms with Gasteiger partial charge in [0.15, 0.2) is 0 Å². The summed E-state index contributed by atoms with van der Waals surface area (Å²) in [5.74, 6) is -1.92. The summed E-state index contributed by atoms with van der Waals surface area (Å²) in [6, 6.07) is 0. The molecule has 0 aromatic carbocycles. The number of aliphatic hydroxyl groups is 1. The van der Waals surface area contributed by atoms with Gasteiger partial charge in [0, 0.05) is 0 Å². The van der Waals surface area contributed by atoms with E-state index in [1.54, 1.807) is 0 Å². The summed E-state index contributed by atoms with van der Waals surface area (Å²) in [4.78, 5) is 33.7. The van der Waals surface area contributed by atoms with Gasteiger partial charge in [0.25, 0.3) is 0 Å².